The molecule has 2 heterocycles. The maximum atomic E-state index is 11.2. The Morgan fingerprint density at radius 3 is 2.92 bits per heavy atom. The Balaban J connectivity index is 2.02. The summed E-state index contributed by atoms with van der Waals surface area (Å²) in [6.45, 7) is 0. The smallest absolute Gasteiger partial charge is 0.356 e. The molecule has 7 heteroatoms. The number of hydrogen-bond acceptors (Lipinski definition) is 5. The summed E-state index contributed by atoms with van der Waals surface area (Å²) in [6, 6.07) is 7.17. The Bertz CT molecular complexity index is 738. The van der Waals surface area contributed by atoms with Gasteiger partial charge in [-0.3, -0.25) is 4.68 Å². The van der Waals surface area contributed by atoms with E-state index in [1.165, 1.54) is 5.75 Å². The minimum absolute atomic E-state index is 0.00879. The molecule has 1 saturated heterocycles. The molecule has 1 fully saturated rings. The number of aromatic nitrogens is 2. The van der Waals surface area contributed by atoms with E-state index in [9.17, 15) is 4.79 Å². The molecular weight excluding hydrogens is 328 g/mol. The van der Waals surface area contributed by atoms with Crippen LogP contribution in [0.25, 0.3) is 11.3 Å². The normalized spacial score (nSPS) is 17.5. The van der Waals surface area contributed by atoms with Crippen LogP contribution in [0.2, 0.25) is 0 Å². The minimum atomic E-state index is -1.05. The predicted molar refractivity (Wildman–Crippen MR) is 93.1 cm³/mol. The number of para-hydroxylation sites is 1. The van der Waals surface area contributed by atoms with E-state index in [0.29, 0.717) is 17.2 Å². The molecule has 0 aliphatic carbocycles. The number of nitrogens with zero attached hydrogens (tertiary/aromatic N) is 2. The van der Waals surface area contributed by atoms with Crippen molar-refractivity contribution in [2.45, 2.75) is 18.9 Å². The van der Waals surface area contributed by atoms with Gasteiger partial charge in [-0.25, -0.2) is 4.79 Å². The lowest BCUT2D eigenvalue weighted by Gasteiger charge is -2.25. The largest absolute Gasteiger partial charge is 0.493 e. The Hall–Kier alpha value is -2.15. The molecule has 1 N–H and O–H groups in total. The Morgan fingerprint density at radius 1 is 1.46 bits per heavy atom. The average molecular weight is 348 g/mol. The molecule has 0 amide bonds. The third kappa shape index (κ3) is 3.36. The number of carboxylic acid groups (broad SMARTS) is 1. The van der Waals surface area contributed by atoms with Gasteiger partial charge in [-0.1, -0.05) is 6.07 Å². The molecule has 0 radical (unpaired) electrons. The fourth-order valence-electron chi connectivity index (χ4n) is 2.79. The summed E-state index contributed by atoms with van der Waals surface area (Å²) in [4.78, 5) is 11.2. The fourth-order valence-corrected chi connectivity index (χ4v) is 3.83. The van der Waals surface area contributed by atoms with Crippen LogP contribution >= 0.6 is 11.8 Å². The molecule has 6 nitrogen and oxygen atoms in total. The van der Waals surface area contributed by atoms with E-state index < -0.39 is 5.97 Å². The van der Waals surface area contributed by atoms with Gasteiger partial charge in [-0.2, -0.15) is 16.9 Å². The van der Waals surface area contributed by atoms with Crippen LogP contribution in [0.1, 0.15) is 23.3 Å². The van der Waals surface area contributed by atoms with E-state index in [2.05, 4.69) is 5.10 Å². The van der Waals surface area contributed by atoms with Crippen molar-refractivity contribution in [3.8, 4) is 22.8 Å². The number of aromatic carboxylic acids is 1. The zero-order valence-corrected chi connectivity index (χ0v) is 14.5. The summed E-state index contributed by atoms with van der Waals surface area (Å²) < 4.78 is 13.3. The highest BCUT2D eigenvalue weighted by molar-refractivity contribution is 7.99. The van der Waals surface area contributed by atoms with E-state index in [4.69, 9.17) is 14.6 Å². The molecular formula is C17H20N2O4S. The van der Waals surface area contributed by atoms with E-state index in [0.717, 1.165) is 24.2 Å². The standard InChI is InChI=1S/C17H20N2O4S/c1-19-14(9-13(18-19)17(20)21)12-6-3-7-15(22-2)16(12)23-11-5-4-8-24-10-11/h3,6-7,9,11H,4-5,8,10H2,1-2H3,(H,20,21). The lowest BCUT2D eigenvalue weighted by atomic mass is 10.1. The van der Waals surface area contributed by atoms with Crippen molar-refractivity contribution in [3.63, 3.8) is 0 Å². The van der Waals surface area contributed by atoms with Crippen LogP contribution in [-0.4, -0.2) is 45.6 Å². The van der Waals surface area contributed by atoms with E-state index in [1.807, 2.05) is 30.0 Å². The van der Waals surface area contributed by atoms with Gasteiger partial charge in [-0.15, -0.1) is 0 Å². The number of carboxylic acids is 1. The zero-order chi connectivity index (χ0) is 17.1. The molecule has 1 aromatic heterocycles. The van der Waals surface area contributed by atoms with Gasteiger partial charge in [0.2, 0.25) is 0 Å². The topological polar surface area (TPSA) is 73.6 Å². The van der Waals surface area contributed by atoms with Gasteiger partial charge in [0.05, 0.1) is 12.8 Å². The number of ether oxygens (including phenoxy) is 2. The van der Waals surface area contributed by atoms with E-state index in [-0.39, 0.29) is 11.8 Å². The zero-order valence-electron chi connectivity index (χ0n) is 13.7. The monoisotopic (exact) mass is 348 g/mol. The highest BCUT2D eigenvalue weighted by atomic mass is 32.2. The number of aryl methyl sites for hydroxylation is 1. The Labute approximate surface area is 144 Å². The molecule has 1 atom stereocenters. The Kier molecular flexibility index (Phi) is 4.99. The molecule has 1 unspecified atom stereocenters. The van der Waals surface area contributed by atoms with Crippen LogP contribution < -0.4 is 9.47 Å². The summed E-state index contributed by atoms with van der Waals surface area (Å²) in [5.41, 5.74) is 1.48. The summed E-state index contributed by atoms with van der Waals surface area (Å²) in [6.07, 6.45) is 2.27. The lowest BCUT2D eigenvalue weighted by molar-refractivity contribution is 0.0689. The van der Waals surface area contributed by atoms with Crippen LogP contribution in [-0.2, 0) is 7.05 Å². The first kappa shape index (κ1) is 16.7. The van der Waals surface area contributed by atoms with Crippen LogP contribution in [0.15, 0.2) is 24.3 Å². The number of carbonyl (C=O) groups is 1. The molecule has 3 rings (SSSR count). The highest BCUT2D eigenvalue weighted by Gasteiger charge is 2.22. The molecule has 1 aromatic carbocycles. The van der Waals surface area contributed by atoms with E-state index in [1.54, 1.807) is 24.9 Å². The molecule has 2 aromatic rings. The van der Waals surface area contributed by atoms with Crippen molar-refractivity contribution >= 4 is 17.7 Å². The first-order chi connectivity index (χ1) is 11.6. The third-order valence-corrected chi connectivity index (χ3v) is 5.16. The van der Waals surface area contributed by atoms with Gasteiger partial charge < -0.3 is 14.6 Å². The summed E-state index contributed by atoms with van der Waals surface area (Å²) >= 11 is 1.89. The molecule has 1 aliphatic heterocycles. The van der Waals surface area contributed by atoms with Gasteiger partial charge in [0, 0.05) is 18.4 Å². The van der Waals surface area contributed by atoms with Crippen LogP contribution in [0.5, 0.6) is 11.5 Å². The number of rotatable bonds is 5. The van der Waals surface area contributed by atoms with Crippen molar-refractivity contribution in [2.75, 3.05) is 18.6 Å². The van der Waals surface area contributed by atoms with Crippen molar-refractivity contribution in [1.82, 2.24) is 9.78 Å². The second-order valence-corrected chi connectivity index (χ2v) is 6.79. The fraction of sp³-hybridized carbons (Fsp3) is 0.412. The SMILES string of the molecule is COc1cccc(-c2cc(C(=O)O)nn2C)c1OC1CCCSC1. The minimum Gasteiger partial charge on any atom is -0.493 e. The molecule has 0 saturated carbocycles. The first-order valence-electron chi connectivity index (χ1n) is 7.79. The van der Waals surface area contributed by atoms with E-state index >= 15 is 0 Å². The van der Waals surface area contributed by atoms with Crippen molar-refractivity contribution in [1.29, 1.82) is 0 Å². The summed E-state index contributed by atoms with van der Waals surface area (Å²) in [7, 11) is 3.33. The molecule has 0 spiro atoms. The number of thioether (sulfide) groups is 1. The van der Waals surface area contributed by atoms with Crippen molar-refractivity contribution in [3.05, 3.63) is 30.0 Å². The second-order valence-electron chi connectivity index (χ2n) is 5.64. The summed E-state index contributed by atoms with van der Waals surface area (Å²) in [5, 5.41) is 13.2. The highest BCUT2D eigenvalue weighted by Crippen LogP contribution is 2.39. The van der Waals surface area contributed by atoms with Crippen molar-refractivity contribution in [2.24, 2.45) is 7.05 Å². The van der Waals surface area contributed by atoms with Gasteiger partial charge in [0.25, 0.3) is 0 Å². The maximum absolute atomic E-state index is 11.2. The maximum Gasteiger partial charge on any atom is 0.356 e. The molecule has 24 heavy (non-hydrogen) atoms. The number of hydrogen-bond donors (Lipinski definition) is 1. The number of benzene rings is 1. The number of methoxy groups -OCH3 is 1. The molecule has 128 valence electrons. The molecule has 1 aliphatic rings. The lowest BCUT2D eigenvalue weighted by Crippen LogP contribution is -2.24. The van der Waals surface area contributed by atoms with Crippen molar-refractivity contribution < 1.29 is 19.4 Å². The molecule has 0 bridgehead atoms. The Morgan fingerprint density at radius 2 is 2.29 bits per heavy atom. The average Bonchev–Trinajstić information content (AvgIpc) is 2.98. The predicted octanol–water partition coefficient (Wildman–Crippen LogP) is 3.07. The van der Waals surface area contributed by atoms with Gasteiger partial charge >= 0.3 is 5.97 Å². The van der Waals surface area contributed by atoms with Gasteiger partial charge in [0.1, 0.15) is 6.10 Å². The van der Waals surface area contributed by atoms with Gasteiger partial charge in [-0.05, 0) is 36.8 Å². The third-order valence-electron chi connectivity index (χ3n) is 3.98. The van der Waals surface area contributed by atoms with Crippen LogP contribution in [0.4, 0.5) is 0 Å². The quantitative estimate of drug-likeness (QED) is 0.895. The first-order valence-corrected chi connectivity index (χ1v) is 8.94. The van der Waals surface area contributed by atoms with Crippen LogP contribution in [0, 0.1) is 0 Å². The van der Waals surface area contributed by atoms with Crippen LogP contribution in [0.3, 0.4) is 0 Å². The summed E-state index contributed by atoms with van der Waals surface area (Å²) in [5.74, 6) is 2.35. The van der Waals surface area contributed by atoms with Gasteiger partial charge in [0.15, 0.2) is 17.2 Å². The second kappa shape index (κ2) is 7.17.